The monoisotopic (exact) mass is 300 g/mol. The number of hydrogen-bond acceptors (Lipinski definition) is 4. The molecule has 2 rings (SSSR count). The van der Waals surface area contributed by atoms with Crippen LogP contribution in [0.1, 0.15) is 21.5 Å². The molecule has 4 nitrogen and oxygen atoms in total. The number of carbonyl (C=O) groups excluding carboxylic acids is 1. The molecular weight excluding hydrogens is 280 g/mol. The Morgan fingerprint density at radius 1 is 0.864 bits per heavy atom. The lowest BCUT2D eigenvalue weighted by atomic mass is 10.0. The second-order valence-corrected chi connectivity index (χ2v) is 4.87. The van der Waals surface area contributed by atoms with Crippen molar-refractivity contribution < 1.29 is 19.0 Å². The molecule has 0 aromatic heterocycles. The zero-order chi connectivity index (χ0) is 15.9. The van der Waals surface area contributed by atoms with Gasteiger partial charge in [-0.25, -0.2) is 4.79 Å². The summed E-state index contributed by atoms with van der Waals surface area (Å²) in [6.07, 6.45) is 1.77. The molecule has 0 fully saturated rings. The standard InChI is InChI=1S/C18H20O4/c1-20-15-9-6-13(7-10-15)4-5-14-8-11-16(18(19)22-3)17(12-14)21-2/h6-12H,4-5H2,1-3H3. The van der Waals surface area contributed by atoms with E-state index in [9.17, 15) is 4.79 Å². The first kappa shape index (κ1) is 15.9. The molecule has 0 heterocycles. The molecular formula is C18H20O4. The van der Waals surface area contributed by atoms with Crippen molar-refractivity contribution in [3.05, 3.63) is 59.2 Å². The number of carbonyl (C=O) groups is 1. The molecule has 0 saturated carbocycles. The zero-order valence-corrected chi connectivity index (χ0v) is 13.1. The number of aryl methyl sites for hydroxylation is 2. The largest absolute Gasteiger partial charge is 0.497 e. The van der Waals surface area contributed by atoms with E-state index in [1.165, 1.54) is 12.7 Å². The van der Waals surface area contributed by atoms with Gasteiger partial charge in [0.05, 0.1) is 21.3 Å². The van der Waals surface area contributed by atoms with E-state index in [0.717, 1.165) is 24.2 Å². The topological polar surface area (TPSA) is 44.8 Å². The summed E-state index contributed by atoms with van der Waals surface area (Å²) in [6, 6.07) is 13.6. The predicted octanol–water partition coefficient (Wildman–Crippen LogP) is 3.28. The van der Waals surface area contributed by atoms with Crippen molar-refractivity contribution in [2.24, 2.45) is 0 Å². The highest BCUT2D eigenvalue weighted by Crippen LogP contribution is 2.22. The van der Waals surface area contributed by atoms with Gasteiger partial charge in [0.25, 0.3) is 0 Å². The van der Waals surface area contributed by atoms with Gasteiger partial charge in [0.1, 0.15) is 17.1 Å². The average Bonchev–Trinajstić information content (AvgIpc) is 2.59. The van der Waals surface area contributed by atoms with E-state index in [0.29, 0.717) is 11.3 Å². The van der Waals surface area contributed by atoms with Crippen LogP contribution >= 0.6 is 0 Å². The average molecular weight is 300 g/mol. The molecule has 0 radical (unpaired) electrons. The van der Waals surface area contributed by atoms with Crippen LogP contribution in [0.4, 0.5) is 0 Å². The van der Waals surface area contributed by atoms with Gasteiger partial charge >= 0.3 is 5.97 Å². The SMILES string of the molecule is COC(=O)c1ccc(CCc2ccc(OC)cc2)cc1OC. The summed E-state index contributed by atoms with van der Waals surface area (Å²) in [6.45, 7) is 0. The lowest BCUT2D eigenvalue weighted by Gasteiger charge is -2.09. The fraction of sp³-hybridized carbons (Fsp3) is 0.278. The predicted molar refractivity (Wildman–Crippen MR) is 84.7 cm³/mol. The smallest absolute Gasteiger partial charge is 0.341 e. The fourth-order valence-electron chi connectivity index (χ4n) is 2.25. The van der Waals surface area contributed by atoms with Crippen LogP contribution in [-0.4, -0.2) is 27.3 Å². The van der Waals surface area contributed by atoms with E-state index in [4.69, 9.17) is 14.2 Å². The van der Waals surface area contributed by atoms with Crippen molar-refractivity contribution in [2.75, 3.05) is 21.3 Å². The Morgan fingerprint density at radius 3 is 2.09 bits per heavy atom. The van der Waals surface area contributed by atoms with Crippen molar-refractivity contribution in [1.29, 1.82) is 0 Å². The van der Waals surface area contributed by atoms with Crippen LogP contribution in [0, 0.1) is 0 Å². The normalized spacial score (nSPS) is 10.1. The molecule has 116 valence electrons. The number of esters is 1. The quantitative estimate of drug-likeness (QED) is 0.768. The Balaban J connectivity index is 2.07. The first-order chi connectivity index (χ1) is 10.7. The number of benzene rings is 2. The molecule has 0 aliphatic rings. The molecule has 22 heavy (non-hydrogen) atoms. The lowest BCUT2D eigenvalue weighted by Crippen LogP contribution is -2.04. The molecule has 0 atom stereocenters. The van der Waals surface area contributed by atoms with Gasteiger partial charge in [-0.15, -0.1) is 0 Å². The maximum atomic E-state index is 11.6. The molecule has 0 aliphatic carbocycles. The maximum Gasteiger partial charge on any atom is 0.341 e. The Morgan fingerprint density at radius 2 is 1.50 bits per heavy atom. The van der Waals surface area contributed by atoms with Crippen molar-refractivity contribution >= 4 is 5.97 Å². The Hall–Kier alpha value is -2.49. The number of rotatable bonds is 6. The van der Waals surface area contributed by atoms with Gasteiger partial charge in [0, 0.05) is 0 Å². The Bertz CT molecular complexity index is 632. The molecule has 0 N–H and O–H groups in total. The van der Waals surface area contributed by atoms with Crippen LogP contribution in [0.3, 0.4) is 0 Å². The van der Waals surface area contributed by atoms with Gasteiger partial charge < -0.3 is 14.2 Å². The van der Waals surface area contributed by atoms with E-state index in [-0.39, 0.29) is 0 Å². The van der Waals surface area contributed by atoms with Crippen molar-refractivity contribution in [1.82, 2.24) is 0 Å². The zero-order valence-electron chi connectivity index (χ0n) is 13.1. The van der Waals surface area contributed by atoms with Gasteiger partial charge in [-0.2, -0.15) is 0 Å². The summed E-state index contributed by atoms with van der Waals surface area (Å²) < 4.78 is 15.2. The summed E-state index contributed by atoms with van der Waals surface area (Å²) >= 11 is 0. The van der Waals surface area contributed by atoms with Gasteiger partial charge in [-0.1, -0.05) is 18.2 Å². The number of ether oxygens (including phenoxy) is 3. The molecule has 0 spiro atoms. The summed E-state index contributed by atoms with van der Waals surface area (Å²) in [4.78, 5) is 11.6. The molecule has 0 unspecified atom stereocenters. The minimum absolute atomic E-state index is 0.390. The van der Waals surface area contributed by atoms with Crippen LogP contribution < -0.4 is 9.47 Å². The van der Waals surface area contributed by atoms with Crippen molar-refractivity contribution in [3.8, 4) is 11.5 Å². The highest BCUT2D eigenvalue weighted by molar-refractivity contribution is 5.92. The first-order valence-electron chi connectivity index (χ1n) is 7.06. The van der Waals surface area contributed by atoms with Crippen LogP contribution in [0.25, 0.3) is 0 Å². The van der Waals surface area contributed by atoms with E-state index in [1.807, 2.05) is 24.3 Å². The third-order valence-corrected chi connectivity index (χ3v) is 3.53. The number of methoxy groups -OCH3 is 3. The minimum atomic E-state index is -0.390. The summed E-state index contributed by atoms with van der Waals surface area (Å²) in [5.41, 5.74) is 2.79. The highest BCUT2D eigenvalue weighted by atomic mass is 16.5. The van der Waals surface area contributed by atoms with E-state index in [2.05, 4.69) is 12.1 Å². The Kier molecular flexibility index (Phi) is 5.42. The highest BCUT2D eigenvalue weighted by Gasteiger charge is 2.12. The van der Waals surface area contributed by atoms with Crippen LogP contribution in [0.15, 0.2) is 42.5 Å². The van der Waals surface area contributed by atoms with Crippen LogP contribution in [0.5, 0.6) is 11.5 Å². The molecule has 0 bridgehead atoms. The summed E-state index contributed by atoms with van der Waals surface area (Å²) in [5, 5.41) is 0. The van der Waals surface area contributed by atoms with Crippen LogP contribution in [-0.2, 0) is 17.6 Å². The lowest BCUT2D eigenvalue weighted by molar-refractivity contribution is 0.0597. The summed E-state index contributed by atoms with van der Waals surface area (Å²) in [5.74, 6) is 1.01. The van der Waals surface area contributed by atoms with Gasteiger partial charge in [-0.05, 0) is 48.2 Å². The second kappa shape index (κ2) is 7.50. The van der Waals surface area contributed by atoms with Crippen LogP contribution in [0.2, 0.25) is 0 Å². The number of hydrogen-bond donors (Lipinski definition) is 0. The third-order valence-electron chi connectivity index (χ3n) is 3.53. The van der Waals surface area contributed by atoms with Crippen molar-refractivity contribution in [2.45, 2.75) is 12.8 Å². The molecule has 0 aliphatic heterocycles. The van der Waals surface area contributed by atoms with E-state index >= 15 is 0 Å². The molecule has 2 aromatic carbocycles. The van der Waals surface area contributed by atoms with E-state index in [1.54, 1.807) is 20.3 Å². The third kappa shape index (κ3) is 3.79. The maximum absolute atomic E-state index is 11.6. The molecule has 4 heteroatoms. The summed E-state index contributed by atoms with van der Waals surface area (Å²) in [7, 11) is 4.57. The molecule has 2 aromatic rings. The minimum Gasteiger partial charge on any atom is -0.497 e. The molecule has 0 saturated heterocycles. The first-order valence-corrected chi connectivity index (χ1v) is 7.06. The van der Waals surface area contributed by atoms with Gasteiger partial charge in [-0.3, -0.25) is 0 Å². The second-order valence-electron chi connectivity index (χ2n) is 4.87. The van der Waals surface area contributed by atoms with Gasteiger partial charge in [0.15, 0.2) is 0 Å². The van der Waals surface area contributed by atoms with Gasteiger partial charge in [0.2, 0.25) is 0 Å². The van der Waals surface area contributed by atoms with Crippen molar-refractivity contribution in [3.63, 3.8) is 0 Å². The fourth-order valence-corrected chi connectivity index (χ4v) is 2.25. The molecule has 0 amide bonds. The van der Waals surface area contributed by atoms with E-state index < -0.39 is 5.97 Å². The Labute approximate surface area is 130 Å².